The highest BCUT2D eigenvalue weighted by Crippen LogP contribution is 2.25. The summed E-state index contributed by atoms with van der Waals surface area (Å²) < 4.78 is 107. The number of sulfone groups is 1. The number of halogens is 4. The first-order chi connectivity index (χ1) is 14.9. The zero-order valence-corrected chi connectivity index (χ0v) is 18.3. The molecular formula is C18H14F4N2O5S3. The summed E-state index contributed by atoms with van der Waals surface area (Å²) in [5.41, 5.74) is 0.385. The minimum Gasteiger partial charge on any atom is -0.406 e. The van der Waals surface area contributed by atoms with Crippen molar-refractivity contribution < 1.29 is 39.1 Å². The molecule has 0 saturated carbocycles. The van der Waals surface area contributed by atoms with Crippen LogP contribution in [-0.2, 0) is 26.3 Å². The molecule has 172 valence electrons. The summed E-state index contributed by atoms with van der Waals surface area (Å²) in [5.74, 6) is -2.26. The van der Waals surface area contributed by atoms with Crippen LogP contribution in [-0.4, -0.2) is 33.9 Å². The Balaban J connectivity index is 1.71. The molecule has 0 atom stereocenters. The first-order valence-electron chi connectivity index (χ1n) is 8.65. The maximum absolute atomic E-state index is 14.5. The van der Waals surface area contributed by atoms with Crippen molar-refractivity contribution in [2.24, 2.45) is 0 Å². The maximum atomic E-state index is 14.5. The number of benzene rings is 2. The van der Waals surface area contributed by atoms with Crippen LogP contribution in [0.25, 0.3) is 0 Å². The fourth-order valence-electron chi connectivity index (χ4n) is 2.57. The van der Waals surface area contributed by atoms with E-state index in [0.29, 0.717) is 11.6 Å². The van der Waals surface area contributed by atoms with Gasteiger partial charge in [-0.3, -0.25) is 4.72 Å². The molecule has 0 bridgehead atoms. The van der Waals surface area contributed by atoms with E-state index in [1.165, 1.54) is 23.7 Å². The molecule has 2 aromatic carbocycles. The quantitative estimate of drug-likeness (QED) is 0.460. The lowest BCUT2D eigenvalue weighted by molar-refractivity contribution is -0.274. The molecule has 7 nitrogen and oxygen atoms in total. The summed E-state index contributed by atoms with van der Waals surface area (Å²) in [7, 11) is -8.32. The number of hydrogen-bond acceptors (Lipinski definition) is 7. The van der Waals surface area contributed by atoms with E-state index >= 15 is 0 Å². The third kappa shape index (κ3) is 6.17. The summed E-state index contributed by atoms with van der Waals surface area (Å²) >= 11 is 1.01. The van der Waals surface area contributed by atoms with E-state index in [2.05, 4.69) is 14.4 Å². The van der Waals surface area contributed by atoms with Crippen LogP contribution in [0.2, 0.25) is 0 Å². The second kappa shape index (κ2) is 9.03. The molecular weight excluding hydrogens is 496 g/mol. The van der Waals surface area contributed by atoms with Gasteiger partial charge in [-0.1, -0.05) is 12.1 Å². The lowest BCUT2D eigenvalue weighted by Crippen LogP contribution is -2.17. The second-order valence-electron chi connectivity index (χ2n) is 6.30. The summed E-state index contributed by atoms with van der Waals surface area (Å²) in [6.07, 6.45) is -3.59. The second-order valence-corrected chi connectivity index (χ2v) is 11.0. The average molecular weight is 511 g/mol. The van der Waals surface area contributed by atoms with Crippen LogP contribution in [0.15, 0.2) is 63.8 Å². The van der Waals surface area contributed by atoms with Gasteiger partial charge in [-0.25, -0.2) is 26.2 Å². The molecule has 0 aliphatic rings. The highest BCUT2D eigenvalue weighted by Gasteiger charge is 2.31. The Kier molecular flexibility index (Phi) is 6.76. The monoisotopic (exact) mass is 510 g/mol. The van der Waals surface area contributed by atoms with Crippen molar-refractivity contribution in [3.05, 3.63) is 65.4 Å². The van der Waals surface area contributed by atoms with Gasteiger partial charge in [0.25, 0.3) is 10.0 Å². The Morgan fingerprint density at radius 2 is 1.72 bits per heavy atom. The fourth-order valence-corrected chi connectivity index (χ4v) is 5.72. The zero-order valence-electron chi connectivity index (χ0n) is 15.8. The summed E-state index contributed by atoms with van der Waals surface area (Å²) in [6.45, 7) is 0. The SMILES string of the molecule is O=S(=O)(CCc1ccc(OC(F)(F)F)cc1)c1ccc(S(=O)(=O)Nc2nccs2)cc1F. The summed E-state index contributed by atoms with van der Waals surface area (Å²) in [6, 6.07) is 6.97. The molecule has 0 amide bonds. The van der Waals surface area contributed by atoms with E-state index in [-0.39, 0.29) is 11.6 Å². The van der Waals surface area contributed by atoms with Crippen LogP contribution < -0.4 is 9.46 Å². The van der Waals surface area contributed by atoms with Crippen LogP contribution in [0.4, 0.5) is 22.7 Å². The number of anilines is 1. The molecule has 3 rings (SSSR count). The van der Waals surface area contributed by atoms with Crippen molar-refractivity contribution in [2.45, 2.75) is 22.6 Å². The first-order valence-corrected chi connectivity index (χ1v) is 12.7. The van der Waals surface area contributed by atoms with Gasteiger partial charge in [-0.15, -0.1) is 24.5 Å². The molecule has 32 heavy (non-hydrogen) atoms. The van der Waals surface area contributed by atoms with Gasteiger partial charge < -0.3 is 4.74 Å². The number of thiazole rings is 1. The van der Waals surface area contributed by atoms with E-state index < -0.39 is 53.3 Å². The van der Waals surface area contributed by atoms with Crippen molar-refractivity contribution >= 4 is 36.3 Å². The minimum absolute atomic E-state index is 0.0637. The molecule has 0 spiro atoms. The number of aryl methyl sites for hydroxylation is 1. The van der Waals surface area contributed by atoms with Crippen molar-refractivity contribution in [1.29, 1.82) is 0 Å². The molecule has 1 aromatic heterocycles. The van der Waals surface area contributed by atoms with Crippen LogP contribution >= 0.6 is 11.3 Å². The topological polar surface area (TPSA) is 102 Å². The van der Waals surface area contributed by atoms with Gasteiger partial charge in [-0.2, -0.15) is 0 Å². The normalized spacial score (nSPS) is 12.5. The molecule has 0 unspecified atom stereocenters. The number of rotatable bonds is 8. The van der Waals surface area contributed by atoms with E-state index in [1.807, 2.05) is 0 Å². The third-order valence-corrected chi connectivity index (χ3v) is 7.92. The van der Waals surface area contributed by atoms with E-state index in [0.717, 1.165) is 35.6 Å². The molecule has 1 heterocycles. The van der Waals surface area contributed by atoms with Gasteiger partial charge in [0, 0.05) is 11.6 Å². The minimum atomic E-state index is -4.85. The number of ether oxygens (including phenoxy) is 1. The Hall–Kier alpha value is -2.71. The van der Waals surface area contributed by atoms with Crippen LogP contribution in [0, 0.1) is 5.82 Å². The number of aromatic nitrogens is 1. The molecule has 0 fully saturated rings. The molecule has 0 aliphatic carbocycles. The predicted octanol–water partition coefficient (Wildman–Crippen LogP) is 4.00. The fraction of sp³-hybridized carbons (Fsp3) is 0.167. The smallest absolute Gasteiger partial charge is 0.406 e. The van der Waals surface area contributed by atoms with Crippen molar-refractivity contribution in [3.8, 4) is 5.75 Å². The Morgan fingerprint density at radius 1 is 1.03 bits per heavy atom. The molecule has 1 N–H and O–H groups in total. The van der Waals surface area contributed by atoms with Gasteiger partial charge in [-0.05, 0) is 42.3 Å². The molecule has 0 saturated heterocycles. The molecule has 3 aromatic rings. The number of nitrogens with zero attached hydrogens (tertiary/aromatic N) is 1. The van der Waals surface area contributed by atoms with Crippen LogP contribution in [0.3, 0.4) is 0 Å². The van der Waals surface area contributed by atoms with Gasteiger partial charge in [0.1, 0.15) is 16.5 Å². The van der Waals surface area contributed by atoms with Crippen molar-refractivity contribution in [3.63, 3.8) is 0 Å². The lowest BCUT2D eigenvalue weighted by atomic mass is 10.2. The zero-order chi connectivity index (χ0) is 23.6. The Labute approximate surface area is 184 Å². The van der Waals surface area contributed by atoms with E-state index in [4.69, 9.17) is 0 Å². The molecule has 0 radical (unpaired) electrons. The average Bonchev–Trinajstić information content (AvgIpc) is 3.18. The Bertz CT molecular complexity index is 1290. The van der Waals surface area contributed by atoms with Gasteiger partial charge in [0.05, 0.1) is 10.6 Å². The van der Waals surface area contributed by atoms with Crippen molar-refractivity contribution in [2.75, 3.05) is 10.5 Å². The molecule has 0 aliphatic heterocycles. The van der Waals surface area contributed by atoms with Gasteiger partial charge in [0.15, 0.2) is 15.0 Å². The highest BCUT2D eigenvalue weighted by atomic mass is 32.2. The standard InChI is InChI=1S/C18H14F4N2O5S3/c19-15-11-14(32(27,28)24-17-23-8-9-30-17)5-6-16(15)31(25,26)10-7-12-1-3-13(4-2-12)29-18(20,21)22/h1-6,8-9,11H,7,10H2,(H,23,24). The lowest BCUT2D eigenvalue weighted by Gasteiger charge is -2.10. The van der Waals surface area contributed by atoms with Crippen LogP contribution in [0.5, 0.6) is 5.75 Å². The number of sulfonamides is 1. The number of alkyl halides is 3. The number of hydrogen-bond donors (Lipinski definition) is 1. The van der Waals surface area contributed by atoms with Crippen molar-refractivity contribution in [1.82, 2.24) is 4.98 Å². The Morgan fingerprint density at radius 3 is 2.28 bits per heavy atom. The highest BCUT2D eigenvalue weighted by molar-refractivity contribution is 7.93. The largest absolute Gasteiger partial charge is 0.573 e. The molecule has 14 heteroatoms. The van der Waals surface area contributed by atoms with Gasteiger partial charge in [0.2, 0.25) is 0 Å². The van der Waals surface area contributed by atoms with E-state index in [1.54, 1.807) is 0 Å². The summed E-state index contributed by atoms with van der Waals surface area (Å²) in [5, 5.41) is 1.60. The third-order valence-electron chi connectivity index (χ3n) is 4.02. The first kappa shape index (κ1) is 23.9. The maximum Gasteiger partial charge on any atom is 0.573 e. The predicted molar refractivity (Wildman–Crippen MR) is 108 cm³/mol. The van der Waals surface area contributed by atoms with E-state index in [9.17, 15) is 34.4 Å². The van der Waals surface area contributed by atoms with Gasteiger partial charge >= 0.3 is 6.36 Å². The van der Waals surface area contributed by atoms with Crippen LogP contribution in [0.1, 0.15) is 5.56 Å². The summed E-state index contributed by atoms with van der Waals surface area (Å²) in [4.78, 5) is 2.58. The number of nitrogens with one attached hydrogen (secondary N) is 1.